The van der Waals surface area contributed by atoms with Gasteiger partial charge < -0.3 is 10.7 Å². The number of nitrogens with zero attached hydrogens (tertiary/aromatic N) is 1. The maximum atomic E-state index is 5.44. The molecule has 0 saturated carbocycles. The van der Waals surface area contributed by atoms with Gasteiger partial charge in [0.15, 0.2) is 0 Å². The van der Waals surface area contributed by atoms with Gasteiger partial charge in [0.05, 0.1) is 17.6 Å². The second kappa shape index (κ2) is 4.63. The molecule has 0 saturated heterocycles. The van der Waals surface area contributed by atoms with Crippen LogP contribution in [0.4, 0.5) is 17.1 Å². The van der Waals surface area contributed by atoms with E-state index < -0.39 is 0 Å². The number of nitrogen functional groups attached to an aromatic ring is 1. The lowest BCUT2D eigenvalue weighted by molar-refractivity contribution is 1.23. The number of para-hydroxylation sites is 1. The summed E-state index contributed by atoms with van der Waals surface area (Å²) in [5.74, 6) is 5.44. The molecule has 4 nitrogen and oxygen atoms in total. The minimum absolute atomic E-state index is 0.781. The molecule has 1 heterocycles. The van der Waals surface area contributed by atoms with E-state index in [9.17, 15) is 0 Å². The second-order valence-corrected chi connectivity index (χ2v) is 3.51. The molecule has 4 heteroatoms. The number of pyridine rings is 1. The number of aryl methyl sites for hydroxylation is 1. The van der Waals surface area contributed by atoms with E-state index in [0.717, 1.165) is 22.6 Å². The lowest BCUT2D eigenvalue weighted by atomic mass is 10.2. The van der Waals surface area contributed by atoms with E-state index in [2.05, 4.69) is 15.7 Å². The highest BCUT2D eigenvalue weighted by atomic mass is 15.2. The summed E-state index contributed by atoms with van der Waals surface area (Å²) in [5.41, 5.74) is 6.42. The lowest BCUT2D eigenvalue weighted by Crippen LogP contribution is -2.10. The first-order valence-corrected chi connectivity index (χ1v) is 5.04. The smallest absolute Gasteiger partial charge is 0.0910 e. The van der Waals surface area contributed by atoms with Gasteiger partial charge in [-0.3, -0.25) is 10.8 Å². The zero-order valence-electron chi connectivity index (χ0n) is 9.07. The molecule has 0 radical (unpaired) electrons. The van der Waals surface area contributed by atoms with Crippen molar-refractivity contribution in [1.29, 1.82) is 0 Å². The van der Waals surface area contributed by atoms with Gasteiger partial charge in [0, 0.05) is 11.9 Å². The van der Waals surface area contributed by atoms with Crippen molar-refractivity contribution < 1.29 is 0 Å². The Bertz CT molecular complexity index is 468. The van der Waals surface area contributed by atoms with Crippen molar-refractivity contribution in [3.05, 3.63) is 48.3 Å². The molecule has 0 fully saturated rings. The van der Waals surface area contributed by atoms with Crippen LogP contribution in [0.15, 0.2) is 42.7 Å². The average molecular weight is 214 g/mol. The minimum atomic E-state index is 0.781. The Morgan fingerprint density at radius 3 is 2.56 bits per heavy atom. The molecule has 0 spiro atoms. The number of nitrogens with two attached hydrogens (primary N) is 1. The maximum absolute atomic E-state index is 5.44. The van der Waals surface area contributed by atoms with Crippen LogP contribution in [0.5, 0.6) is 0 Å². The standard InChI is InChI=1S/C12H14N4/c1-9-7-14-8-11(16-13)12(9)15-10-5-3-2-4-6-10/h2-8,16H,13H2,1H3,(H,14,15). The molecule has 1 aromatic heterocycles. The molecule has 0 bridgehead atoms. The number of benzene rings is 1. The van der Waals surface area contributed by atoms with Crippen LogP contribution in [0.25, 0.3) is 0 Å². The molecule has 2 aromatic rings. The summed E-state index contributed by atoms with van der Waals surface area (Å²) in [6, 6.07) is 9.94. The highest BCUT2D eigenvalue weighted by Gasteiger charge is 2.04. The SMILES string of the molecule is Cc1cncc(NN)c1Nc1ccccc1. The molecule has 2 rings (SSSR count). The molecule has 0 atom stereocenters. The number of nitrogens with one attached hydrogen (secondary N) is 2. The van der Waals surface area contributed by atoms with Crippen molar-refractivity contribution in [2.24, 2.45) is 5.84 Å². The molecule has 0 aliphatic heterocycles. The Morgan fingerprint density at radius 1 is 1.12 bits per heavy atom. The lowest BCUT2D eigenvalue weighted by Gasteiger charge is -2.13. The number of anilines is 3. The fourth-order valence-corrected chi connectivity index (χ4v) is 1.51. The average Bonchev–Trinajstić information content (AvgIpc) is 2.33. The van der Waals surface area contributed by atoms with E-state index in [1.54, 1.807) is 12.4 Å². The predicted octanol–water partition coefficient (Wildman–Crippen LogP) is 2.42. The van der Waals surface area contributed by atoms with Crippen molar-refractivity contribution in [2.75, 3.05) is 10.7 Å². The van der Waals surface area contributed by atoms with Gasteiger partial charge in [-0.05, 0) is 24.6 Å². The molecule has 4 N–H and O–H groups in total. The monoisotopic (exact) mass is 214 g/mol. The maximum Gasteiger partial charge on any atom is 0.0910 e. The molecule has 0 aliphatic carbocycles. The fourth-order valence-electron chi connectivity index (χ4n) is 1.51. The van der Waals surface area contributed by atoms with Gasteiger partial charge in [-0.25, -0.2) is 0 Å². The third-order valence-electron chi connectivity index (χ3n) is 2.33. The first-order chi connectivity index (χ1) is 7.81. The first kappa shape index (κ1) is 10.4. The topological polar surface area (TPSA) is 63.0 Å². The normalized spacial score (nSPS) is 9.88. The number of hydrazine groups is 1. The zero-order valence-corrected chi connectivity index (χ0v) is 9.07. The Labute approximate surface area is 94.5 Å². The van der Waals surface area contributed by atoms with Crippen LogP contribution in [0.3, 0.4) is 0 Å². The largest absolute Gasteiger partial charge is 0.353 e. The Balaban J connectivity index is 2.34. The summed E-state index contributed by atoms with van der Waals surface area (Å²) < 4.78 is 0. The van der Waals surface area contributed by atoms with Gasteiger partial charge in [0.25, 0.3) is 0 Å². The van der Waals surface area contributed by atoms with Crippen LogP contribution in [0.2, 0.25) is 0 Å². The van der Waals surface area contributed by atoms with Gasteiger partial charge in [-0.15, -0.1) is 0 Å². The summed E-state index contributed by atoms with van der Waals surface area (Å²) in [6.07, 6.45) is 3.49. The third-order valence-corrected chi connectivity index (χ3v) is 2.33. The highest BCUT2D eigenvalue weighted by molar-refractivity contribution is 5.75. The fraction of sp³-hybridized carbons (Fsp3) is 0.0833. The van der Waals surface area contributed by atoms with Crippen molar-refractivity contribution in [2.45, 2.75) is 6.92 Å². The number of aromatic nitrogens is 1. The van der Waals surface area contributed by atoms with Gasteiger partial charge in [-0.1, -0.05) is 18.2 Å². The van der Waals surface area contributed by atoms with Crippen LogP contribution in [-0.4, -0.2) is 4.98 Å². The first-order valence-electron chi connectivity index (χ1n) is 5.04. The molecular formula is C12H14N4. The van der Waals surface area contributed by atoms with Crippen LogP contribution in [0, 0.1) is 6.92 Å². The molecule has 0 unspecified atom stereocenters. The Kier molecular flexibility index (Phi) is 3.03. The molecule has 1 aromatic carbocycles. The van der Waals surface area contributed by atoms with Crippen molar-refractivity contribution in [3.8, 4) is 0 Å². The van der Waals surface area contributed by atoms with E-state index in [-0.39, 0.29) is 0 Å². The van der Waals surface area contributed by atoms with E-state index in [0.29, 0.717) is 0 Å². The van der Waals surface area contributed by atoms with Crippen LogP contribution < -0.4 is 16.6 Å². The van der Waals surface area contributed by atoms with E-state index >= 15 is 0 Å². The third kappa shape index (κ3) is 2.12. The summed E-state index contributed by atoms with van der Waals surface area (Å²) in [7, 11) is 0. The van der Waals surface area contributed by atoms with Gasteiger partial charge in [0.2, 0.25) is 0 Å². The van der Waals surface area contributed by atoms with Crippen LogP contribution >= 0.6 is 0 Å². The molecule has 16 heavy (non-hydrogen) atoms. The van der Waals surface area contributed by atoms with Crippen LogP contribution in [-0.2, 0) is 0 Å². The molecular weight excluding hydrogens is 200 g/mol. The minimum Gasteiger partial charge on any atom is -0.353 e. The Hall–Kier alpha value is -2.07. The molecule has 82 valence electrons. The van der Waals surface area contributed by atoms with Crippen molar-refractivity contribution in [3.63, 3.8) is 0 Å². The van der Waals surface area contributed by atoms with E-state index in [4.69, 9.17) is 5.84 Å². The van der Waals surface area contributed by atoms with Gasteiger partial charge in [-0.2, -0.15) is 0 Å². The summed E-state index contributed by atoms with van der Waals surface area (Å²) >= 11 is 0. The zero-order chi connectivity index (χ0) is 11.4. The van der Waals surface area contributed by atoms with E-state index in [1.807, 2.05) is 37.3 Å². The van der Waals surface area contributed by atoms with E-state index in [1.165, 1.54) is 0 Å². The van der Waals surface area contributed by atoms with Crippen LogP contribution in [0.1, 0.15) is 5.56 Å². The van der Waals surface area contributed by atoms with Crippen molar-refractivity contribution >= 4 is 17.1 Å². The quantitative estimate of drug-likeness (QED) is 0.542. The summed E-state index contributed by atoms with van der Waals surface area (Å²) in [5, 5.41) is 3.31. The predicted molar refractivity (Wildman–Crippen MR) is 66.5 cm³/mol. The Morgan fingerprint density at radius 2 is 1.88 bits per heavy atom. The number of hydrogen-bond donors (Lipinski definition) is 3. The summed E-state index contributed by atoms with van der Waals surface area (Å²) in [6.45, 7) is 1.99. The highest BCUT2D eigenvalue weighted by Crippen LogP contribution is 2.26. The number of hydrogen-bond acceptors (Lipinski definition) is 4. The van der Waals surface area contributed by atoms with Gasteiger partial charge >= 0.3 is 0 Å². The summed E-state index contributed by atoms with van der Waals surface area (Å²) in [4.78, 5) is 4.07. The molecule has 0 aliphatic rings. The van der Waals surface area contributed by atoms with Crippen molar-refractivity contribution in [1.82, 2.24) is 4.98 Å². The van der Waals surface area contributed by atoms with Gasteiger partial charge in [0.1, 0.15) is 0 Å². The number of rotatable bonds is 3. The second-order valence-electron chi connectivity index (χ2n) is 3.51. The molecule has 0 amide bonds.